The summed E-state index contributed by atoms with van der Waals surface area (Å²) in [7, 11) is 0. The molecule has 3 aromatic rings. The fraction of sp³-hybridized carbons (Fsp3) is 0.286. The first kappa shape index (κ1) is 15.9. The minimum absolute atomic E-state index is 0.109. The van der Waals surface area contributed by atoms with Crippen LogP contribution in [0.5, 0.6) is 0 Å². The number of aryl methyl sites for hydroxylation is 1. The summed E-state index contributed by atoms with van der Waals surface area (Å²) in [4.78, 5) is 18.1. The van der Waals surface area contributed by atoms with E-state index in [0.717, 1.165) is 31.5 Å². The Kier molecular flexibility index (Phi) is 4.04. The van der Waals surface area contributed by atoms with Crippen LogP contribution in [-0.4, -0.2) is 28.9 Å². The molecule has 0 bridgehead atoms. The summed E-state index contributed by atoms with van der Waals surface area (Å²) < 4.78 is 13.0. The number of carbonyl (C=O) groups is 1. The number of hydrogen-bond acceptors (Lipinski definition) is 1. The van der Waals surface area contributed by atoms with Gasteiger partial charge in [-0.1, -0.05) is 23.8 Å². The van der Waals surface area contributed by atoms with Crippen molar-refractivity contribution in [2.75, 3.05) is 13.1 Å². The van der Waals surface area contributed by atoms with E-state index in [4.69, 9.17) is 0 Å². The van der Waals surface area contributed by atoms with E-state index >= 15 is 0 Å². The van der Waals surface area contributed by atoms with Gasteiger partial charge in [-0.2, -0.15) is 0 Å². The summed E-state index contributed by atoms with van der Waals surface area (Å²) in [5.41, 5.74) is 5.88. The average Bonchev–Trinajstić information content (AvgIpc) is 2.80. The van der Waals surface area contributed by atoms with Crippen molar-refractivity contribution >= 4 is 16.8 Å². The Morgan fingerprint density at radius 3 is 2.68 bits per heavy atom. The molecule has 1 aliphatic rings. The molecule has 4 heteroatoms. The normalized spacial score (nSPS) is 14.4. The summed E-state index contributed by atoms with van der Waals surface area (Å²) in [5, 5.41) is 1.28. The second kappa shape index (κ2) is 6.36. The van der Waals surface area contributed by atoms with Gasteiger partial charge in [0, 0.05) is 36.1 Å². The van der Waals surface area contributed by atoms with Crippen molar-refractivity contribution < 1.29 is 9.18 Å². The number of H-pyrrole nitrogens is 1. The van der Waals surface area contributed by atoms with Gasteiger partial charge in [-0.05, 0) is 48.7 Å². The van der Waals surface area contributed by atoms with Gasteiger partial charge in [0.1, 0.15) is 5.82 Å². The van der Waals surface area contributed by atoms with Gasteiger partial charge in [0.15, 0.2) is 0 Å². The predicted molar refractivity (Wildman–Crippen MR) is 97.1 cm³/mol. The van der Waals surface area contributed by atoms with E-state index in [1.54, 1.807) is 12.1 Å². The summed E-state index contributed by atoms with van der Waals surface area (Å²) >= 11 is 0. The molecule has 0 saturated heterocycles. The maximum atomic E-state index is 13.0. The van der Waals surface area contributed by atoms with Crippen molar-refractivity contribution in [1.82, 2.24) is 9.88 Å². The zero-order valence-electron chi connectivity index (χ0n) is 14.3. The molecule has 0 aliphatic carbocycles. The molecule has 2 heterocycles. The molecule has 0 radical (unpaired) electrons. The molecular weight excluding hydrogens is 315 g/mol. The smallest absolute Gasteiger partial charge is 0.227 e. The number of nitrogens with one attached hydrogen (secondary N) is 1. The van der Waals surface area contributed by atoms with Crippen LogP contribution in [0.15, 0.2) is 42.5 Å². The zero-order valence-corrected chi connectivity index (χ0v) is 14.3. The average molecular weight is 336 g/mol. The summed E-state index contributed by atoms with van der Waals surface area (Å²) in [6.45, 7) is 3.56. The minimum Gasteiger partial charge on any atom is -0.358 e. The molecule has 2 aromatic carbocycles. The number of carbonyl (C=O) groups excluding carboxylic acids is 1. The van der Waals surface area contributed by atoms with Gasteiger partial charge in [-0.15, -0.1) is 0 Å². The Hall–Kier alpha value is -2.62. The number of nitrogens with zero attached hydrogens (tertiary/aromatic N) is 1. The van der Waals surface area contributed by atoms with Crippen molar-refractivity contribution in [3.05, 3.63) is 70.7 Å². The first-order chi connectivity index (χ1) is 12.1. The molecular formula is C21H21FN2O. The molecule has 25 heavy (non-hydrogen) atoms. The van der Waals surface area contributed by atoms with E-state index in [0.29, 0.717) is 6.42 Å². The highest BCUT2D eigenvalue weighted by atomic mass is 19.1. The molecule has 0 saturated carbocycles. The number of rotatable bonds is 2. The van der Waals surface area contributed by atoms with Gasteiger partial charge in [-0.25, -0.2) is 4.39 Å². The summed E-state index contributed by atoms with van der Waals surface area (Å²) in [5.74, 6) is -0.163. The largest absolute Gasteiger partial charge is 0.358 e. The van der Waals surface area contributed by atoms with Crippen LogP contribution >= 0.6 is 0 Å². The van der Waals surface area contributed by atoms with Gasteiger partial charge in [0.25, 0.3) is 0 Å². The number of amides is 1. The van der Waals surface area contributed by atoms with Crippen LogP contribution in [0.25, 0.3) is 10.9 Å². The lowest BCUT2D eigenvalue weighted by Crippen LogP contribution is -2.34. The molecule has 4 rings (SSSR count). The van der Waals surface area contributed by atoms with Gasteiger partial charge >= 0.3 is 0 Å². The van der Waals surface area contributed by atoms with Gasteiger partial charge in [-0.3, -0.25) is 4.79 Å². The van der Waals surface area contributed by atoms with Gasteiger partial charge in [0.2, 0.25) is 5.91 Å². The number of fused-ring (bicyclic) bond motifs is 3. The number of benzene rings is 2. The van der Waals surface area contributed by atoms with E-state index < -0.39 is 0 Å². The minimum atomic E-state index is -0.272. The van der Waals surface area contributed by atoms with Crippen LogP contribution in [0.4, 0.5) is 4.39 Å². The molecule has 0 unspecified atom stereocenters. The molecule has 1 aliphatic heterocycles. The molecule has 3 nitrogen and oxygen atoms in total. The number of aromatic nitrogens is 1. The lowest BCUT2D eigenvalue weighted by atomic mass is 10.1. The lowest BCUT2D eigenvalue weighted by Gasteiger charge is -2.20. The van der Waals surface area contributed by atoms with E-state index in [2.05, 4.69) is 30.1 Å². The molecule has 0 fully saturated rings. The van der Waals surface area contributed by atoms with Crippen LogP contribution in [0.1, 0.15) is 22.4 Å². The van der Waals surface area contributed by atoms with Crippen molar-refractivity contribution in [2.24, 2.45) is 0 Å². The Morgan fingerprint density at radius 2 is 1.88 bits per heavy atom. The van der Waals surface area contributed by atoms with Gasteiger partial charge in [0.05, 0.1) is 6.42 Å². The Bertz CT molecular complexity index is 927. The van der Waals surface area contributed by atoms with Crippen LogP contribution in [0.2, 0.25) is 0 Å². The highest BCUT2D eigenvalue weighted by molar-refractivity contribution is 5.86. The first-order valence-electron chi connectivity index (χ1n) is 8.72. The Balaban J connectivity index is 1.50. The van der Waals surface area contributed by atoms with Gasteiger partial charge < -0.3 is 9.88 Å². The molecule has 128 valence electrons. The molecule has 1 aromatic heterocycles. The third-order valence-corrected chi connectivity index (χ3v) is 5.03. The lowest BCUT2D eigenvalue weighted by molar-refractivity contribution is -0.130. The SMILES string of the molecule is Cc1ccc2[nH]c3c(c2c1)CCN(C(=O)Cc1ccc(F)cc1)CC3. The van der Waals surface area contributed by atoms with Crippen LogP contribution < -0.4 is 0 Å². The fourth-order valence-corrected chi connectivity index (χ4v) is 3.66. The highest BCUT2D eigenvalue weighted by Crippen LogP contribution is 2.27. The second-order valence-electron chi connectivity index (χ2n) is 6.82. The Morgan fingerprint density at radius 1 is 1.12 bits per heavy atom. The topological polar surface area (TPSA) is 36.1 Å². The van der Waals surface area contributed by atoms with Crippen molar-refractivity contribution in [3.63, 3.8) is 0 Å². The summed E-state index contributed by atoms with van der Waals surface area (Å²) in [6, 6.07) is 12.7. The predicted octanol–water partition coefficient (Wildman–Crippen LogP) is 3.79. The zero-order chi connectivity index (χ0) is 17.4. The van der Waals surface area contributed by atoms with Crippen LogP contribution in [0, 0.1) is 12.7 Å². The monoisotopic (exact) mass is 336 g/mol. The maximum absolute atomic E-state index is 13.0. The maximum Gasteiger partial charge on any atom is 0.227 e. The second-order valence-corrected chi connectivity index (χ2v) is 6.82. The van der Waals surface area contributed by atoms with Crippen molar-refractivity contribution in [1.29, 1.82) is 0 Å². The summed E-state index contributed by atoms with van der Waals surface area (Å²) in [6.07, 6.45) is 2.04. The van der Waals surface area contributed by atoms with Crippen LogP contribution in [0.3, 0.4) is 0 Å². The standard InChI is InChI=1S/C21H21FN2O/c1-14-2-7-19-18(12-14)17-8-10-24(11-9-20(17)23-19)21(25)13-15-3-5-16(22)6-4-15/h2-7,12,23H,8-11,13H2,1H3. The van der Waals surface area contributed by atoms with Crippen LogP contribution in [-0.2, 0) is 24.1 Å². The van der Waals surface area contributed by atoms with E-state index in [1.807, 2.05) is 4.90 Å². The molecule has 1 N–H and O–H groups in total. The molecule has 0 atom stereocenters. The number of hydrogen-bond donors (Lipinski definition) is 1. The van der Waals surface area contributed by atoms with Crippen molar-refractivity contribution in [2.45, 2.75) is 26.2 Å². The molecule has 0 spiro atoms. The van der Waals surface area contributed by atoms with E-state index in [-0.39, 0.29) is 11.7 Å². The molecule has 1 amide bonds. The van der Waals surface area contributed by atoms with Crippen molar-refractivity contribution in [3.8, 4) is 0 Å². The fourth-order valence-electron chi connectivity index (χ4n) is 3.66. The Labute approximate surface area is 146 Å². The first-order valence-corrected chi connectivity index (χ1v) is 8.72. The quantitative estimate of drug-likeness (QED) is 0.759. The number of aromatic amines is 1. The third-order valence-electron chi connectivity index (χ3n) is 5.03. The third kappa shape index (κ3) is 3.16. The highest BCUT2D eigenvalue weighted by Gasteiger charge is 2.21. The van der Waals surface area contributed by atoms with E-state index in [9.17, 15) is 9.18 Å². The number of halogens is 1. The van der Waals surface area contributed by atoms with E-state index in [1.165, 1.54) is 39.9 Å².